The van der Waals surface area contributed by atoms with Crippen molar-refractivity contribution < 1.29 is 23.1 Å². The molecule has 0 aliphatic carbocycles. The maximum Gasteiger partial charge on any atom is 0.280 e. The fourth-order valence-corrected chi connectivity index (χ4v) is 6.82. The highest BCUT2D eigenvalue weighted by molar-refractivity contribution is 6.01. The quantitative estimate of drug-likeness (QED) is 0.212. The minimum absolute atomic E-state index is 0.0476. The molecule has 13 heteroatoms. The molecule has 5 aromatic rings. The number of benzene rings is 2. The molecule has 2 N–H and O–H groups in total. The number of hydrogen-bond donors (Lipinski definition) is 2. The number of ether oxygens (including phenoxy) is 1. The minimum atomic E-state index is -2.70. The van der Waals surface area contributed by atoms with Gasteiger partial charge in [-0.1, -0.05) is 24.3 Å². The van der Waals surface area contributed by atoms with Crippen molar-refractivity contribution in [2.45, 2.75) is 37.2 Å². The maximum atomic E-state index is 13.6. The van der Waals surface area contributed by atoms with Gasteiger partial charge < -0.3 is 15.0 Å². The first kappa shape index (κ1) is 32.4. The fraction of sp³-hybridized carbons (Fsp3) is 0.333. The summed E-state index contributed by atoms with van der Waals surface area (Å²) < 4.78 is 32.3. The van der Waals surface area contributed by atoms with Crippen LogP contribution in [0.5, 0.6) is 0 Å². The smallest absolute Gasteiger partial charge is 0.280 e. The van der Waals surface area contributed by atoms with E-state index in [0.29, 0.717) is 65.6 Å². The summed E-state index contributed by atoms with van der Waals surface area (Å²) in [5.41, 5.74) is 2.93. The van der Waals surface area contributed by atoms with Crippen LogP contribution < -0.4 is 5.32 Å². The van der Waals surface area contributed by atoms with Gasteiger partial charge in [0.1, 0.15) is 11.4 Å². The normalized spacial score (nSPS) is 18.7. The number of aromatic nitrogens is 5. The van der Waals surface area contributed by atoms with E-state index in [-0.39, 0.29) is 30.6 Å². The first-order valence-corrected chi connectivity index (χ1v) is 16.3. The Labute approximate surface area is 281 Å². The molecule has 0 saturated carbocycles. The third-order valence-corrected chi connectivity index (χ3v) is 9.63. The van der Waals surface area contributed by atoms with Crippen LogP contribution in [0.25, 0.3) is 33.5 Å². The Bertz CT molecular complexity index is 1950. The van der Waals surface area contributed by atoms with Crippen molar-refractivity contribution in [2.75, 3.05) is 45.2 Å². The van der Waals surface area contributed by atoms with Crippen LogP contribution in [-0.4, -0.2) is 92.2 Å². The lowest BCUT2D eigenvalue weighted by molar-refractivity contribution is -0.138. The number of fused-ring (bicyclic) bond motifs is 1. The molecule has 0 spiro atoms. The van der Waals surface area contributed by atoms with Crippen molar-refractivity contribution in [3.8, 4) is 22.6 Å². The average Bonchev–Trinajstić information content (AvgIpc) is 3.77. The number of hydrogen-bond acceptors (Lipinski definition) is 8. The van der Waals surface area contributed by atoms with E-state index < -0.39 is 12.0 Å². The van der Waals surface area contributed by atoms with Gasteiger partial charge in [0.15, 0.2) is 11.4 Å². The molecule has 5 heterocycles. The average molecular weight is 667 g/mol. The molecule has 252 valence electrons. The number of methoxy groups -OCH3 is 1. The Morgan fingerprint density at radius 1 is 0.980 bits per heavy atom. The standard InChI is InChI=1S/C36H36F2N8O3/c1-49-36(35(48)42-27-7-8-29-28(20-27)32(44-43-29)26-9-15-39-30(19-26)33(37)38)12-18-45(22-36)21-31(47)46-16-10-24(11-17-46)23-3-5-25(6-4-23)34-40-13-2-14-41-34/h2-9,13-15,19-20,24,33H,10-12,16-18,21-22H2,1H3,(H,42,48)(H,43,44)/t36-/m0/s1. The van der Waals surface area contributed by atoms with Crippen LogP contribution in [0.2, 0.25) is 0 Å². The highest BCUT2D eigenvalue weighted by Crippen LogP contribution is 2.33. The van der Waals surface area contributed by atoms with Gasteiger partial charge in [0.2, 0.25) is 5.91 Å². The largest absolute Gasteiger partial charge is 0.367 e. The molecule has 2 aliphatic heterocycles. The molecule has 2 fully saturated rings. The number of likely N-dealkylation sites (tertiary alicyclic amines) is 2. The van der Waals surface area contributed by atoms with Crippen molar-refractivity contribution in [3.63, 3.8) is 0 Å². The number of alkyl halides is 2. The van der Waals surface area contributed by atoms with E-state index >= 15 is 0 Å². The maximum absolute atomic E-state index is 13.6. The zero-order chi connectivity index (χ0) is 34.0. The second-order valence-electron chi connectivity index (χ2n) is 12.6. The molecule has 49 heavy (non-hydrogen) atoms. The van der Waals surface area contributed by atoms with E-state index in [0.717, 1.165) is 18.4 Å². The van der Waals surface area contributed by atoms with E-state index in [4.69, 9.17) is 4.74 Å². The summed E-state index contributed by atoms with van der Waals surface area (Å²) in [6.45, 7) is 2.39. The number of amides is 2. The molecule has 7 rings (SSSR count). The predicted octanol–water partition coefficient (Wildman–Crippen LogP) is 5.46. The molecule has 3 aromatic heterocycles. The zero-order valence-electron chi connectivity index (χ0n) is 27.0. The monoisotopic (exact) mass is 666 g/mol. The number of anilines is 1. The molecule has 1 atom stereocenters. The summed E-state index contributed by atoms with van der Waals surface area (Å²) in [7, 11) is 1.51. The second-order valence-corrected chi connectivity index (χ2v) is 12.6. The highest BCUT2D eigenvalue weighted by atomic mass is 19.3. The number of carbonyl (C=O) groups is 2. The van der Waals surface area contributed by atoms with Crippen LogP contribution in [0.4, 0.5) is 14.5 Å². The third kappa shape index (κ3) is 6.76. The van der Waals surface area contributed by atoms with Crippen molar-refractivity contribution in [1.82, 2.24) is 34.9 Å². The van der Waals surface area contributed by atoms with E-state index in [1.165, 1.54) is 24.9 Å². The Kier molecular flexibility index (Phi) is 9.11. The number of carbonyl (C=O) groups excluding carboxylic acids is 2. The van der Waals surface area contributed by atoms with Gasteiger partial charge >= 0.3 is 0 Å². The van der Waals surface area contributed by atoms with Gasteiger partial charge in [-0.25, -0.2) is 18.7 Å². The van der Waals surface area contributed by atoms with Crippen molar-refractivity contribution in [3.05, 3.63) is 90.5 Å². The van der Waals surface area contributed by atoms with Crippen LogP contribution in [0.3, 0.4) is 0 Å². The summed E-state index contributed by atoms with van der Waals surface area (Å²) >= 11 is 0. The number of piperidine rings is 1. The predicted molar refractivity (Wildman–Crippen MR) is 180 cm³/mol. The lowest BCUT2D eigenvalue weighted by Crippen LogP contribution is -2.48. The molecule has 2 aliphatic rings. The Balaban J connectivity index is 0.946. The first-order chi connectivity index (χ1) is 23.8. The molecule has 11 nitrogen and oxygen atoms in total. The molecule has 0 unspecified atom stereocenters. The molecular formula is C36H36F2N8O3. The number of H-pyrrole nitrogens is 1. The third-order valence-electron chi connectivity index (χ3n) is 9.63. The lowest BCUT2D eigenvalue weighted by atomic mass is 9.89. The summed E-state index contributed by atoms with van der Waals surface area (Å²) in [5.74, 6) is 0.811. The van der Waals surface area contributed by atoms with Crippen LogP contribution in [0.1, 0.15) is 42.9 Å². The second kappa shape index (κ2) is 13.8. The minimum Gasteiger partial charge on any atom is -0.367 e. The van der Waals surface area contributed by atoms with E-state index in [9.17, 15) is 18.4 Å². The van der Waals surface area contributed by atoms with Crippen LogP contribution in [-0.2, 0) is 14.3 Å². The molecule has 0 radical (unpaired) electrons. The first-order valence-electron chi connectivity index (χ1n) is 16.3. The van der Waals surface area contributed by atoms with Gasteiger partial charge in [0.25, 0.3) is 12.3 Å². The molecule has 2 amide bonds. The summed E-state index contributed by atoms with van der Waals surface area (Å²) in [6, 6.07) is 18.4. The summed E-state index contributed by atoms with van der Waals surface area (Å²) in [4.78, 5) is 43.2. The number of pyridine rings is 1. The fourth-order valence-electron chi connectivity index (χ4n) is 6.82. The van der Waals surface area contributed by atoms with Crippen molar-refractivity contribution >= 4 is 28.4 Å². The number of aromatic amines is 1. The summed E-state index contributed by atoms with van der Waals surface area (Å²) in [5, 5.41) is 10.9. The molecule has 0 bridgehead atoms. The Morgan fingerprint density at radius 3 is 2.49 bits per heavy atom. The van der Waals surface area contributed by atoms with Gasteiger partial charge in [0.05, 0.1) is 12.1 Å². The molecule has 2 saturated heterocycles. The van der Waals surface area contributed by atoms with Crippen molar-refractivity contribution in [2.24, 2.45) is 0 Å². The van der Waals surface area contributed by atoms with E-state index in [1.54, 1.807) is 42.7 Å². The topological polar surface area (TPSA) is 129 Å². The van der Waals surface area contributed by atoms with Crippen LogP contribution in [0, 0.1) is 0 Å². The van der Waals surface area contributed by atoms with Crippen LogP contribution >= 0.6 is 0 Å². The molecule has 2 aromatic carbocycles. The number of nitrogens with zero attached hydrogens (tertiary/aromatic N) is 6. The Hall–Kier alpha value is -5.14. The summed E-state index contributed by atoms with van der Waals surface area (Å²) in [6.07, 6.45) is 4.29. The number of halogens is 2. The number of rotatable bonds is 9. The van der Waals surface area contributed by atoms with Gasteiger partial charge in [-0.2, -0.15) is 5.10 Å². The SMILES string of the molecule is CO[C@@]1(C(=O)Nc2ccc3[nH]nc(-c4ccnc(C(F)F)c4)c3c2)CCN(CC(=O)N2CCC(c3ccc(-c4ncccn4)cc3)CC2)C1. The van der Waals surface area contributed by atoms with Crippen LogP contribution in [0.15, 0.2) is 79.3 Å². The van der Waals surface area contributed by atoms with Gasteiger partial charge in [-0.15, -0.1) is 0 Å². The highest BCUT2D eigenvalue weighted by Gasteiger charge is 2.45. The lowest BCUT2D eigenvalue weighted by Gasteiger charge is -2.33. The van der Waals surface area contributed by atoms with Gasteiger partial charge in [0, 0.05) is 74.1 Å². The van der Waals surface area contributed by atoms with Crippen molar-refractivity contribution in [1.29, 1.82) is 0 Å². The molecular weight excluding hydrogens is 630 g/mol. The van der Waals surface area contributed by atoms with E-state index in [2.05, 4.69) is 54.7 Å². The number of nitrogens with one attached hydrogen (secondary N) is 2. The zero-order valence-corrected chi connectivity index (χ0v) is 27.0. The van der Waals surface area contributed by atoms with E-state index in [1.807, 2.05) is 9.80 Å². The van der Waals surface area contributed by atoms with Gasteiger partial charge in [-0.05, 0) is 67.1 Å². The van der Waals surface area contributed by atoms with Gasteiger partial charge in [-0.3, -0.25) is 24.6 Å². The Morgan fingerprint density at radius 2 is 1.76 bits per heavy atom.